The molecule has 15 heavy (non-hydrogen) atoms. The van der Waals surface area contributed by atoms with Crippen LogP contribution in [0.15, 0.2) is 23.2 Å². The first-order valence-corrected chi connectivity index (χ1v) is 5.20. The number of rotatable bonds is 3. The number of aryl methyl sites for hydroxylation is 2. The number of nitrogens with zero attached hydrogens (tertiary/aromatic N) is 1. The Morgan fingerprint density at radius 3 is 2.47 bits per heavy atom. The standard InChI is InChI=1S/C13H17NO/c1-9(2)13(14-8-15)12-7-10(3)5-6-11(12)4/h5-7,9,13H,1-4H3. The number of benzene rings is 1. The van der Waals surface area contributed by atoms with Crippen LogP contribution < -0.4 is 0 Å². The zero-order valence-corrected chi connectivity index (χ0v) is 9.74. The van der Waals surface area contributed by atoms with Gasteiger partial charge in [-0.25, -0.2) is 4.79 Å². The van der Waals surface area contributed by atoms with E-state index in [1.54, 1.807) is 6.08 Å². The molecule has 0 N–H and O–H groups in total. The Bertz CT molecular complexity index is 390. The highest BCUT2D eigenvalue weighted by Gasteiger charge is 2.16. The molecular formula is C13H17NO. The SMILES string of the molecule is Cc1ccc(C)c(C(N=C=O)C(C)C)c1. The van der Waals surface area contributed by atoms with Gasteiger partial charge < -0.3 is 0 Å². The molecule has 0 fully saturated rings. The number of aliphatic imine (C=N–C) groups is 1. The molecule has 0 bridgehead atoms. The van der Waals surface area contributed by atoms with Gasteiger partial charge in [0.15, 0.2) is 0 Å². The van der Waals surface area contributed by atoms with Crippen molar-refractivity contribution in [3.63, 3.8) is 0 Å². The van der Waals surface area contributed by atoms with Crippen LogP contribution in [0.1, 0.15) is 36.6 Å². The van der Waals surface area contributed by atoms with E-state index in [9.17, 15) is 4.79 Å². The summed E-state index contributed by atoms with van der Waals surface area (Å²) < 4.78 is 0. The van der Waals surface area contributed by atoms with Crippen LogP contribution in [0.5, 0.6) is 0 Å². The average Bonchev–Trinajstić information content (AvgIpc) is 2.18. The van der Waals surface area contributed by atoms with E-state index in [1.807, 2.05) is 13.8 Å². The Morgan fingerprint density at radius 1 is 1.27 bits per heavy atom. The van der Waals surface area contributed by atoms with Crippen LogP contribution in [0, 0.1) is 19.8 Å². The van der Waals surface area contributed by atoms with Crippen molar-refractivity contribution in [1.82, 2.24) is 0 Å². The number of isocyanates is 1. The lowest BCUT2D eigenvalue weighted by molar-refractivity contribution is 0.500. The third-order valence-electron chi connectivity index (χ3n) is 2.58. The van der Waals surface area contributed by atoms with Crippen LogP contribution in [0.3, 0.4) is 0 Å². The topological polar surface area (TPSA) is 29.4 Å². The second-order valence-corrected chi connectivity index (χ2v) is 4.27. The van der Waals surface area contributed by atoms with Crippen LogP contribution >= 0.6 is 0 Å². The smallest absolute Gasteiger partial charge is 0.211 e. The minimum Gasteiger partial charge on any atom is -0.211 e. The van der Waals surface area contributed by atoms with E-state index in [0.717, 1.165) is 5.56 Å². The van der Waals surface area contributed by atoms with Crippen LogP contribution in [-0.2, 0) is 4.79 Å². The van der Waals surface area contributed by atoms with Crippen LogP contribution in [0.4, 0.5) is 0 Å². The van der Waals surface area contributed by atoms with Gasteiger partial charge in [0.2, 0.25) is 6.08 Å². The van der Waals surface area contributed by atoms with E-state index in [-0.39, 0.29) is 6.04 Å². The highest BCUT2D eigenvalue weighted by atomic mass is 16.1. The summed E-state index contributed by atoms with van der Waals surface area (Å²) in [5.41, 5.74) is 3.51. The van der Waals surface area contributed by atoms with Crippen molar-refractivity contribution in [3.05, 3.63) is 34.9 Å². The fourth-order valence-electron chi connectivity index (χ4n) is 1.71. The van der Waals surface area contributed by atoms with Crippen molar-refractivity contribution in [1.29, 1.82) is 0 Å². The van der Waals surface area contributed by atoms with Crippen molar-refractivity contribution in [3.8, 4) is 0 Å². The van der Waals surface area contributed by atoms with Crippen molar-refractivity contribution < 1.29 is 4.79 Å². The predicted molar refractivity (Wildman–Crippen MR) is 61.6 cm³/mol. The van der Waals surface area contributed by atoms with Gasteiger partial charge in [-0.05, 0) is 30.9 Å². The van der Waals surface area contributed by atoms with Crippen molar-refractivity contribution in [2.75, 3.05) is 0 Å². The third-order valence-corrected chi connectivity index (χ3v) is 2.58. The van der Waals surface area contributed by atoms with Gasteiger partial charge in [0.25, 0.3) is 0 Å². The predicted octanol–water partition coefficient (Wildman–Crippen LogP) is 3.34. The van der Waals surface area contributed by atoms with E-state index in [4.69, 9.17) is 0 Å². The molecule has 80 valence electrons. The minimum atomic E-state index is -0.0672. The van der Waals surface area contributed by atoms with E-state index in [0.29, 0.717) is 5.92 Å². The maximum Gasteiger partial charge on any atom is 0.235 e. The Labute approximate surface area is 91.0 Å². The lowest BCUT2D eigenvalue weighted by atomic mass is 9.92. The maximum absolute atomic E-state index is 10.4. The summed E-state index contributed by atoms with van der Waals surface area (Å²) in [6.07, 6.45) is 1.67. The molecule has 1 aromatic carbocycles. The molecule has 0 spiro atoms. The highest BCUT2D eigenvalue weighted by molar-refractivity contribution is 5.39. The van der Waals surface area contributed by atoms with E-state index in [1.165, 1.54) is 11.1 Å². The second kappa shape index (κ2) is 4.90. The van der Waals surface area contributed by atoms with Crippen molar-refractivity contribution in [2.24, 2.45) is 10.9 Å². The summed E-state index contributed by atoms with van der Waals surface area (Å²) in [7, 11) is 0. The van der Waals surface area contributed by atoms with Crippen LogP contribution in [0.2, 0.25) is 0 Å². The zero-order valence-electron chi connectivity index (χ0n) is 9.74. The summed E-state index contributed by atoms with van der Waals surface area (Å²) in [5.74, 6) is 0.312. The molecule has 0 amide bonds. The van der Waals surface area contributed by atoms with Gasteiger partial charge >= 0.3 is 0 Å². The van der Waals surface area contributed by atoms with Gasteiger partial charge in [-0.2, -0.15) is 4.99 Å². The molecule has 1 atom stereocenters. The molecule has 1 unspecified atom stereocenters. The molecule has 0 aliphatic heterocycles. The third kappa shape index (κ3) is 2.77. The summed E-state index contributed by atoms with van der Waals surface area (Å²) in [6.45, 7) is 8.22. The summed E-state index contributed by atoms with van der Waals surface area (Å²) in [6, 6.07) is 6.17. The monoisotopic (exact) mass is 203 g/mol. The Morgan fingerprint density at radius 2 is 1.93 bits per heavy atom. The molecular weight excluding hydrogens is 186 g/mol. The zero-order chi connectivity index (χ0) is 11.4. The van der Waals surface area contributed by atoms with Crippen molar-refractivity contribution in [2.45, 2.75) is 33.7 Å². The molecule has 0 heterocycles. The lowest BCUT2D eigenvalue weighted by Gasteiger charge is -2.17. The number of hydrogen-bond donors (Lipinski definition) is 0. The van der Waals surface area contributed by atoms with Gasteiger partial charge in [-0.1, -0.05) is 37.6 Å². The molecule has 0 saturated carbocycles. The Hall–Kier alpha value is -1.40. The Balaban J connectivity index is 3.21. The fraction of sp³-hybridized carbons (Fsp3) is 0.462. The van der Waals surface area contributed by atoms with Gasteiger partial charge in [-0.3, -0.25) is 0 Å². The maximum atomic E-state index is 10.4. The van der Waals surface area contributed by atoms with E-state index >= 15 is 0 Å². The normalized spacial score (nSPS) is 12.3. The number of hydrogen-bond acceptors (Lipinski definition) is 2. The summed E-state index contributed by atoms with van der Waals surface area (Å²) in [5, 5.41) is 0. The summed E-state index contributed by atoms with van der Waals surface area (Å²) >= 11 is 0. The van der Waals surface area contributed by atoms with Gasteiger partial charge in [0.1, 0.15) is 0 Å². The van der Waals surface area contributed by atoms with Gasteiger partial charge in [-0.15, -0.1) is 0 Å². The molecule has 2 nitrogen and oxygen atoms in total. The van der Waals surface area contributed by atoms with Crippen LogP contribution in [-0.4, -0.2) is 6.08 Å². The first-order valence-electron chi connectivity index (χ1n) is 5.20. The largest absolute Gasteiger partial charge is 0.235 e. The summed E-state index contributed by atoms with van der Waals surface area (Å²) in [4.78, 5) is 14.3. The molecule has 0 saturated heterocycles. The van der Waals surface area contributed by atoms with Crippen molar-refractivity contribution >= 4 is 6.08 Å². The van der Waals surface area contributed by atoms with Gasteiger partial charge in [0, 0.05) is 0 Å². The molecule has 1 rings (SSSR count). The highest BCUT2D eigenvalue weighted by Crippen LogP contribution is 2.28. The molecule has 0 aromatic heterocycles. The molecule has 0 aliphatic rings. The first-order chi connectivity index (χ1) is 7.06. The Kier molecular flexibility index (Phi) is 3.81. The second-order valence-electron chi connectivity index (χ2n) is 4.27. The molecule has 0 radical (unpaired) electrons. The van der Waals surface area contributed by atoms with Gasteiger partial charge in [0.05, 0.1) is 6.04 Å². The van der Waals surface area contributed by atoms with E-state index in [2.05, 4.69) is 37.0 Å². The fourth-order valence-corrected chi connectivity index (χ4v) is 1.71. The average molecular weight is 203 g/mol. The minimum absolute atomic E-state index is 0.0672. The molecule has 2 heteroatoms. The first kappa shape index (κ1) is 11.7. The lowest BCUT2D eigenvalue weighted by Crippen LogP contribution is -2.06. The quantitative estimate of drug-likeness (QED) is 0.547. The molecule has 0 aliphatic carbocycles. The van der Waals surface area contributed by atoms with E-state index < -0.39 is 0 Å². The van der Waals surface area contributed by atoms with Crippen LogP contribution in [0.25, 0.3) is 0 Å². The number of carbonyl (C=O) groups excluding carboxylic acids is 1. The molecule has 1 aromatic rings.